The van der Waals surface area contributed by atoms with Gasteiger partial charge < -0.3 is 0 Å². The molecule has 4 aromatic rings. The Morgan fingerprint density at radius 3 is 1.33 bits per heavy atom. The number of rotatable bonds is 4. The summed E-state index contributed by atoms with van der Waals surface area (Å²) in [4.78, 5) is 0. The van der Waals surface area contributed by atoms with E-state index in [2.05, 4.69) is 70.9 Å². The third-order valence-corrected chi connectivity index (χ3v) is 3.79. The second kappa shape index (κ2) is 6.38. The van der Waals surface area contributed by atoms with E-state index in [4.69, 9.17) is 0 Å². The van der Waals surface area contributed by atoms with Crippen LogP contribution in [0.2, 0.25) is 0 Å². The number of hydrogen-bond donors (Lipinski definition) is 0. The van der Waals surface area contributed by atoms with Gasteiger partial charge in [-0.2, -0.15) is 10.2 Å². The van der Waals surface area contributed by atoms with Gasteiger partial charge in [0.1, 0.15) is 0 Å². The zero-order valence-corrected chi connectivity index (χ0v) is 13.0. The van der Waals surface area contributed by atoms with Crippen LogP contribution in [0, 0.1) is 0 Å². The molecule has 0 saturated heterocycles. The van der Waals surface area contributed by atoms with Crippen molar-refractivity contribution in [1.82, 2.24) is 19.6 Å². The maximum absolute atomic E-state index is 4.23. The standard InChI is InChI=1S/C20H16N4/c1-13-21-23(15-1)19-9-5-17(6-10-19)3-4-18-7-11-20(12-8-18)24-16-2-14-22-24/h1-16H. The highest BCUT2D eigenvalue weighted by molar-refractivity contribution is 5.70. The van der Waals surface area contributed by atoms with Crippen LogP contribution in [-0.2, 0) is 0 Å². The van der Waals surface area contributed by atoms with Gasteiger partial charge >= 0.3 is 0 Å². The van der Waals surface area contributed by atoms with Crippen molar-refractivity contribution in [2.75, 3.05) is 0 Å². The highest BCUT2D eigenvalue weighted by atomic mass is 15.3. The third-order valence-electron chi connectivity index (χ3n) is 3.79. The Balaban J connectivity index is 1.48. The summed E-state index contributed by atoms with van der Waals surface area (Å²) in [6.45, 7) is 0. The van der Waals surface area contributed by atoms with Crippen molar-refractivity contribution in [3.8, 4) is 11.4 Å². The van der Waals surface area contributed by atoms with E-state index in [0.29, 0.717) is 0 Å². The van der Waals surface area contributed by atoms with Gasteiger partial charge in [0.15, 0.2) is 0 Å². The van der Waals surface area contributed by atoms with E-state index in [9.17, 15) is 0 Å². The van der Waals surface area contributed by atoms with E-state index in [1.165, 1.54) is 0 Å². The molecule has 4 nitrogen and oxygen atoms in total. The normalized spacial score (nSPS) is 11.2. The Bertz CT molecular complexity index is 837. The maximum Gasteiger partial charge on any atom is 0.0645 e. The molecule has 0 atom stereocenters. The van der Waals surface area contributed by atoms with Gasteiger partial charge in [0, 0.05) is 24.8 Å². The second-order valence-corrected chi connectivity index (χ2v) is 5.42. The fourth-order valence-electron chi connectivity index (χ4n) is 2.51. The van der Waals surface area contributed by atoms with Crippen molar-refractivity contribution >= 4 is 12.2 Å². The molecule has 0 unspecified atom stereocenters. The Morgan fingerprint density at radius 1 is 0.583 bits per heavy atom. The molecule has 116 valence electrons. The van der Waals surface area contributed by atoms with Crippen LogP contribution in [0.4, 0.5) is 0 Å². The van der Waals surface area contributed by atoms with E-state index in [1.807, 2.05) is 33.9 Å². The van der Waals surface area contributed by atoms with Crippen LogP contribution < -0.4 is 0 Å². The molecule has 4 heteroatoms. The molecule has 2 aromatic carbocycles. The van der Waals surface area contributed by atoms with Crippen LogP contribution in [0.15, 0.2) is 85.5 Å². The SMILES string of the molecule is C(=Cc1ccc(-n2cccn2)cc1)c1ccc(-n2cccn2)cc1. The number of benzene rings is 2. The fourth-order valence-corrected chi connectivity index (χ4v) is 2.51. The summed E-state index contributed by atoms with van der Waals surface area (Å²) in [5, 5.41) is 8.46. The van der Waals surface area contributed by atoms with Crippen molar-refractivity contribution in [1.29, 1.82) is 0 Å². The molecule has 2 heterocycles. The molecular weight excluding hydrogens is 296 g/mol. The molecule has 0 aliphatic heterocycles. The van der Waals surface area contributed by atoms with Gasteiger partial charge in [-0.25, -0.2) is 9.36 Å². The van der Waals surface area contributed by atoms with Gasteiger partial charge in [-0.1, -0.05) is 36.4 Å². The lowest BCUT2D eigenvalue weighted by Gasteiger charge is -2.02. The molecule has 4 rings (SSSR count). The summed E-state index contributed by atoms with van der Waals surface area (Å²) in [7, 11) is 0. The van der Waals surface area contributed by atoms with Crippen LogP contribution in [0.3, 0.4) is 0 Å². The summed E-state index contributed by atoms with van der Waals surface area (Å²) >= 11 is 0. The first-order valence-electron chi connectivity index (χ1n) is 7.77. The number of aromatic nitrogens is 4. The predicted octanol–water partition coefficient (Wildman–Crippen LogP) is 4.23. The van der Waals surface area contributed by atoms with E-state index in [0.717, 1.165) is 22.5 Å². The quantitative estimate of drug-likeness (QED) is 0.529. The largest absolute Gasteiger partial charge is 0.241 e. The van der Waals surface area contributed by atoms with Crippen molar-refractivity contribution in [2.24, 2.45) is 0 Å². The average Bonchev–Trinajstić information content (AvgIpc) is 3.34. The van der Waals surface area contributed by atoms with Crippen LogP contribution >= 0.6 is 0 Å². The highest BCUT2D eigenvalue weighted by Gasteiger charge is 1.97. The minimum Gasteiger partial charge on any atom is -0.241 e. The molecule has 0 aliphatic carbocycles. The zero-order chi connectivity index (χ0) is 16.2. The van der Waals surface area contributed by atoms with E-state index < -0.39 is 0 Å². The topological polar surface area (TPSA) is 35.6 Å². The lowest BCUT2D eigenvalue weighted by Crippen LogP contribution is -1.93. The summed E-state index contributed by atoms with van der Waals surface area (Å²) in [5.41, 5.74) is 4.42. The summed E-state index contributed by atoms with van der Waals surface area (Å²) in [6.07, 6.45) is 11.6. The first-order chi connectivity index (χ1) is 11.9. The summed E-state index contributed by atoms with van der Waals surface area (Å²) in [5.74, 6) is 0. The van der Waals surface area contributed by atoms with Gasteiger partial charge in [-0.15, -0.1) is 0 Å². The predicted molar refractivity (Wildman–Crippen MR) is 96.1 cm³/mol. The highest BCUT2D eigenvalue weighted by Crippen LogP contribution is 2.14. The van der Waals surface area contributed by atoms with E-state index >= 15 is 0 Å². The first kappa shape index (κ1) is 14.2. The molecule has 0 bridgehead atoms. The van der Waals surface area contributed by atoms with Crippen molar-refractivity contribution < 1.29 is 0 Å². The molecular formula is C20H16N4. The Kier molecular flexibility index (Phi) is 3.78. The van der Waals surface area contributed by atoms with Gasteiger partial charge in [0.25, 0.3) is 0 Å². The van der Waals surface area contributed by atoms with Crippen molar-refractivity contribution in [2.45, 2.75) is 0 Å². The van der Waals surface area contributed by atoms with Crippen LogP contribution in [-0.4, -0.2) is 19.6 Å². The Labute approximate surface area is 140 Å². The lowest BCUT2D eigenvalue weighted by atomic mass is 10.1. The fraction of sp³-hybridized carbons (Fsp3) is 0. The lowest BCUT2D eigenvalue weighted by molar-refractivity contribution is 0.880. The molecule has 0 amide bonds. The van der Waals surface area contributed by atoms with Gasteiger partial charge in [-0.05, 0) is 47.5 Å². The summed E-state index contributed by atoms with van der Waals surface area (Å²) < 4.78 is 3.70. The van der Waals surface area contributed by atoms with Gasteiger partial charge in [-0.3, -0.25) is 0 Å². The van der Waals surface area contributed by atoms with Gasteiger partial charge in [0.2, 0.25) is 0 Å². The minimum absolute atomic E-state index is 1.06. The zero-order valence-electron chi connectivity index (χ0n) is 13.0. The molecule has 0 aliphatic rings. The molecule has 0 spiro atoms. The van der Waals surface area contributed by atoms with E-state index in [-0.39, 0.29) is 0 Å². The number of hydrogen-bond acceptors (Lipinski definition) is 2. The van der Waals surface area contributed by atoms with Crippen molar-refractivity contribution in [3.63, 3.8) is 0 Å². The molecule has 0 radical (unpaired) electrons. The van der Waals surface area contributed by atoms with Crippen LogP contribution in [0.5, 0.6) is 0 Å². The molecule has 0 saturated carbocycles. The minimum atomic E-state index is 1.06. The monoisotopic (exact) mass is 312 g/mol. The molecule has 0 fully saturated rings. The average molecular weight is 312 g/mol. The van der Waals surface area contributed by atoms with Crippen molar-refractivity contribution in [3.05, 3.63) is 96.6 Å². The molecule has 24 heavy (non-hydrogen) atoms. The Morgan fingerprint density at radius 2 is 1.00 bits per heavy atom. The Hall–Kier alpha value is -3.40. The van der Waals surface area contributed by atoms with Crippen LogP contribution in [0.1, 0.15) is 11.1 Å². The summed E-state index contributed by atoms with van der Waals surface area (Å²) in [6, 6.07) is 20.4. The molecule has 0 N–H and O–H groups in total. The van der Waals surface area contributed by atoms with Gasteiger partial charge in [0.05, 0.1) is 11.4 Å². The maximum atomic E-state index is 4.23. The second-order valence-electron chi connectivity index (χ2n) is 5.42. The molecule has 2 aromatic heterocycles. The first-order valence-corrected chi connectivity index (χ1v) is 7.77. The third kappa shape index (κ3) is 3.03. The van der Waals surface area contributed by atoms with Crippen LogP contribution in [0.25, 0.3) is 23.5 Å². The van der Waals surface area contributed by atoms with E-state index in [1.54, 1.807) is 12.4 Å². The number of nitrogens with zero attached hydrogens (tertiary/aromatic N) is 4. The smallest absolute Gasteiger partial charge is 0.0645 e.